The fraction of sp³-hybridized carbons (Fsp3) is 0.533. The summed E-state index contributed by atoms with van der Waals surface area (Å²) in [4.78, 5) is 4.78. The monoisotopic (exact) mass is 245 g/mol. The minimum Gasteiger partial charge on any atom is -0.399 e. The van der Waals surface area contributed by atoms with Crippen LogP contribution in [0.15, 0.2) is 18.2 Å². The van der Waals surface area contributed by atoms with Crippen LogP contribution in [0.2, 0.25) is 0 Å². The lowest BCUT2D eigenvalue weighted by atomic mass is 9.98. The third-order valence-corrected chi connectivity index (χ3v) is 3.70. The lowest BCUT2D eigenvalue weighted by Gasteiger charge is -2.14. The van der Waals surface area contributed by atoms with Crippen molar-refractivity contribution in [2.24, 2.45) is 7.05 Å². The Labute approximate surface area is 109 Å². The molecule has 1 atom stereocenters. The van der Waals surface area contributed by atoms with Crippen molar-refractivity contribution in [3.8, 4) is 0 Å². The molecule has 0 aliphatic heterocycles. The van der Waals surface area contributed by atoms with Crippen molar-refractivity contribution in [2.45, 2.75) is 45.4 Å². The van der Waals surface area contributed by atoms with Crippen LogP contribution in [0.4, 0.5) is 5.69 Å². The summed E-state index contributed by atoms with van der Waals surface area (Å²) in [6, 6.07) is 5.95. The molecule has 18 heavy (non-hydrogen) atoms. The molecule has 2 aromatic rings. The van der Waals surface area contributed by atoms with E-state index < -0.39 is 0 Å². The first-order valence-electron chi connectivity index (χ1n) is 6.89. The second kappa shape index (κ2) is 5.42. The van der Waals surface area contributed by atoms with Gasteiger partial charge in [0.2, 0.25) is 0 Å². The van der Waals surface area contributed by atoms with Crippen molar-refractivity contribution in [1.29, 1.82) is 0 Å². The third-order valence-electron chi connectivity index (χ3n) is 3.70. The average molecular weight is 245 g/mol. The molecule has 0 bridgehead atoms. The molecule has 1 heterocycles. The van der Waals surface area contributed by atoms with Crippen LogP contribution in [-0.2, 0) is 7.05 Å². The number of hydrogen-bond donors (Lipinski definition) is 1. The number of benzene rings is 1. The van der Waals surface area contributed by atoms with E-state index >= 15 is 0 Å². The number of nitrogens with zero attached hydrogens (tertiary/aromatic N) is 2. The highest BCUT2D eigenvalue weighted by Gasteiger charge is 2.16. The Morgan fingerprint density at radius 2 is 2.11 bits per heavy atom. The molecule has 3 nitrogen and oxygen atoms in total. The van der Waals surface area contributed by atoms with Crippen molar-refractivity contribution >= 4 is 16.7 Å². The number of unbranched alkanes of at least 4 members (excludes halogenated alkanes) is 1. The normalized spacial score (nSPS) is 13.1. The number of aryl methyl sites for hydroxylation is 1. The quantitative estimate of drug-likeness (QED) is 0.813. The molecule has 0 saturated carbocycles. The lowest BCUT2D eigenvalue weighted by molar-refractivity contribution is 0.531. The van der Waals surface area contributed by atoms with E-state index in [4.69, 9.17) is 10.7 Å². The van der Waals surface area contributed by atoms with Gasteiger partial charge in [-0.15, -0.1) is 0 Å². The third kappa shape index (κ3) is 2.35. The summed E-state index contributed by atoms with van der Waals surface area (Å²) in [6.45, 7) is 4.48. The van der Waals surface area contributed by atoms with Gasteiger partial charge >= 0.3 is 0 Å². The van der Waals surface area contributed by atoms with Crippen molar-refractivity contribution in [3.63, 3.8) is 0 Å². The van der Waals surface area contributed by atoms with Gasteiger partial charge in [-0.05, 0) is 31.0 Å². The molecule has 3 heteroatoms. The molecule has 2 N–H and O–H groups in total. The molecule has 1 unspecified atom stereocenters. The largest absolute Gasteiger partial charge is 0.399 e. The number of hydrogen-bond acceptors (Lipinski definition) is 2. The molecule has 0 aliphatic carbocycles. The summed E-state index contributed by atoms with van der Waals surface area (Å²) in [5.41, 5.74) is 8.85. The highest BCUT2D eigenvalue weighted by Crippen LogP contribution is 2.28. The van der Waals surface area contributed by atoms with Crippen LogP contribution in [0.5, 0.6) is 0 Å². The van der Waals surface area contributed by atoms with Crippen LogP contribution >= 0.6 is 0 Å². The van der Waals surface area contributed by atoms with Gasteiger partial charge in [0.05, 0.1) is 11.0 Å². The maximum absolute atomic E-state index is 5.85. The summed E-state index contributed by atoms with van der Waals surface area (Å²) >= 11 is 0. The van der Waals surface area contributed by atoms with Gasteiger partial charge in [0.15, 0.2) is 0 Å². The van der Waals surface area contributed by atoms with Gasteiger partial charge in [0.1, 0.15) is 5.82 Å². The summed E-state index contributed by atoms with van der Waals surface area (Å²) in [5, 5.41) is 0. The van der Waals surface area contributed by atoms with Crippen LogP contribution < -0.4 is 5.73 Å². The Morgan fingerprint density at radius 1 is 1.33 bits per heavy atom. The van der Waals surface area contributed by atoms with Crippen molar-refractivity contribution in [3.05, 3.63) is 24.0 Å². The van der Waals surface area contributed by atoms with E-state index in [2.05, 4.69) is 25.5 Å². The van der Waals surface area contributed by atoms with Gasteiger partial charge in [-0.2, -0.15) is 0 Å². The highest BCUT2D eigenvalue weighted by molar-refractivity contribution is 5.79. The van der Waals surface area contributed by atoms with Crippen LogP contribution in [0.3, 0.4) is 0 Å². The second-order valence-corrected chi connectivity index (χ2v) is 5.02. The fourth-order valence-electron chi connectivity index (χ4n) is 2.56. The first kappa shape index (κ1) is 12.9. The molecule has 1 aromatic carbocycles. The Kier molecular flexibility index (Phi) is 3.90. The molecule has 2 rings (SSSR count). The van der Waals surface area contributed by atoms with Gasteiger partial charge in [0, 0.05) is 18.7 Å². The predicted octanol–water partition coefficient (Wildman–Crippen LogP) is 3.84. The van der Waals surface area contributed by atoms with E-state index in [0.29, 0.717) is 5.92 Å². The number of fused-ring (bicyclic) bond motifs is 1. The Hall–Kier alpha value is -1.51. The molecule has 98 valence electrons. The zero-order chi connectivity index (χ0) is 13.1. The average Bonchev–Trinajstić information content (AvgIpc) is 2.68. The summed E-state index contributed by atoms with van der Waals surface area (Å²) in [7, 11) is 2.10. The highest BCUT2D eigenvalue weighted by atomic mass is 15.1. The number of anilines is 1. The molecular formula is C15H23N3. The van der Waals surface area contributed by atoms with Gasteiger partial charge in [0.25, 0.3) is 0 Å². The maximum atomic E-state index is 5.85. The predicted molar refractivity (Wildman–Crippen MR) is 77.7 cm³/mol. The van der Waals surface area contributed by atoms with E-state index in [1.54, 1.807) is 0 Å². The summed E-state index contributed by atoms with van der Waals surface area (Å²) in [6.07, 6.45) is 4.88. The zero-order valence-electron chi connectivity index (χ0n) is 11.6. The lowest BCUT2D eigenvalue weighted by Crippen LogP contribution is -2.05. The van der Waals surface area contributed by atoms with Crippen LogP contribution in [0, 0.1) is 0 Å². The van der Waals surface area contributed by atoms with Gasteiger partial charge in [-0.1, -0.05) is 26.7 Å². The van der Waals surface area contributed by atoms with Crippen molar-refractivity contribution in [2.75, 3.05) is 5.73 Å². The molecule has 0 saturated heterocycles. The molecule has 0 radical (unpaired) electrons. The summed E-state index contributed by atoms with van der Waals surface area (Å²) < 4.78 is 2.20. The van der Waals surface area contributed by atoms with Crippen molar-refractivity contribution < 1.29 is 0 Å². The van der Waals surface area contributed by atoms with E-state index in [1.165, 1.54) is 25.1 Å². The first-order chi connectivity index (χ1) is 8.67. The van der Waals surface area contributed by atoms with E-state index in [-0.39, 0.29) is 0 Å². The Bertz CT molecular complexity index is 528. The van der Waals surface area contributed by atoms with E-state index in [1.807, 2.05) is 18.2 Å². The van der Waals surface area contributed by atoms with Crippen LogP contribution in [-0.4, -0.2) is 9.55 Å². The van der Waals surface area contributed by atoms with Gasteiger partial charge < -0.3 is 10.3 Å². The smallest absolute Gasteiger partial charge is 0.112 e. The minimum atomic E-state index is 0.559. The molecule has 0 spiro atoms. The Morgan fingerprint density at radius 3 is 2.78 bits per heavy atom. The maximum Gasteiger partial charge on any atom is 0.112 e. The van der Waals surface area contributed by atoms with E-state index in [0.717, 1.165) is 23.1 Å². The number of aromatic nitrogens is 2. The zero-order valence-corrected chi connectivity index (χ0v) is 11.6. The molecule has 0 amide bonds. The molecule has 1 aromatic heterocycles. The van der Waals surface area contributed by atoms with Crippen LogP contribution in [0.1, 0.15) is 51.3 Å². The molecule has 0 fully saturated rings. The van der Waals surface area contributed by atoms with E-state index in [9.17, 15) is 0 Å². The number of nitrogens with two attached hydrogens (primary N) is 1. The summed E-state index contributed by atoms with van der Waals surface area (Å²) in [5.74, 6) is 1.76. The molecule has 0 aliphatic rings. The minimum absolute atomic E-state index is 0.559. The van der Waals surface area contributed by atoms with Crippen molar-refractivity contribution in [1.82, 2.24) is 9.55 Å². The van der Waals surface area contributed by atoms with Crippen LogP contribution in [0.25, 0.3) is 11.0 Å². The first-order valence-corrected chi connectivity index (χ1v) is 6.89. The SMILES string of the molecule is CCCCC(CC)c1nc2ccc(N)cc2n1C. The van der Waals surface area contributed by atoms with Gasteiger partial charge in [-0.3, -0.25) is 0 Å². The second-order valence-electron chi connectivity index (χ2n) is 5.02. The standard InChI is InChI=1S/C15H23N3/c1-4-6-7-11(5-2)15-17-13-9-8-12(16)10-14(13)18(15)3/h8-11H,4-7,16H2,1-3H3. The number of nitrogen functional groups attached to an aromatic ring is 1. The topological polar surface area (TPSA) is 43.8 Å². The Balaban J connectivity index is 2.40. The van der Waals surface area contributed by atoms with Gasteiger partial charge in [-0.25, -0.2) is 4.98 Å². The number of rotatable bonds is 5. The molecular weight excluding hydrogens is 222 g/mol. The number of imidazole rings is 1. The fourth-order valence-corrected chi connectivity index (χ4v) is 2.56.